The number of benzene rings is 1. The normalized spacial score (nSPS) is 12.4. The van der Waals surface area contributed by atoms with Gasteiger partial charge in [-0.25, -0.2) is 0 Å². The molecule has 1 aromatic rings. The molecule has 0 amide bonds. The molecule has 0 spiro atoms. The number of methoxy groups -OCH3 is 1. The van der Waals surface area contributed by atoms with Gasteiger partial charge in [-0.1, -0.05) is 19.1 Å². The molecule has 0 heterocycles. The molecule has 0 fully saturated rings. The van der Waals surface area contributed by atoms with E-state index in [-0.39, 0.29) is 12.6 Å². The fourth-order valence-electron chi connectivity index (χ4n) is 1.45. The van der Waals surface area contributed by atoms with Crippen molar-refractivity contribution in [3.05, 3.63) is 24.3 Å². The Hall–Kier alpha value is -0.710. The van der Waals surface area contributed by atoms with E-state index < -0.39 is 0 Å². The monoisotopic (exact) mass is 255 g/mol. The van der Waals surface area contributed by atoms with Gasteiger partial charge >= 0.3 is 0 Å². The van der Waals surface area contributed by atoms with Gasteiger partial charge in [-0.3, -0.25) is 0 Å². The van der Waals surface area contributed by atoms with Crippen LogP contribution in [0.5, 0.6) is 5.75 Å². The first-order valence-corrected chi connectivity index (χ1v) is 6.90. The van der Waals surface area contributed by atoms with Gasteiger partial charge in [-0.05, 0) is 25.1 Å². The average molecular weight is 255 g/mol. The summed E-state index contributed by atoms with van der Waals surface area (Å²) in [6, 6.07) is 8.10. The van der Waals surface area contributed by atoms with Gasteiger partial charge in [0.2, 0.25) is 0 Å². The molecule has 0 bridgehead atoms. The van der Waals surface area contributed by atoms with E-state index in [1.807, 2.05) is 24.3 Å². The molecule has 17 heavy (non-hydrogen) atoms. The van der Waals surface area contributed by atoms with Gasteiger partial charge in [0.15, 0.2) is 0 Å². The lowest BCUT2D eigenvalue weighted by Crippen LogP contribution is -2.35. The number of nitrogens with one attached hydrogen (secondary N) is 1. The van der Waals surface area contributed by atoms with E-state index in [1.165, 1.54) is 0 Å². The summed E-state index contributed by atoms with van der Waals surface area (Å²) in [6.07, 6.45) is 1.08. The fraction of sp³-hybridized carbons (Fsp3) is 0.538. The van der Waals surface area contributed by atoms with E-state index in [0.29, 0.717) is 0 Å². The highest BCUT2D eigenvalue weighted by atomic mass is 32.2. The van der Waals surface area contributed by atoms with Crippen LogP contribution in [-0.2, 0) is 0 Å². The second kappa shape index (κ2) is 8.39. The molecule has 0 radical (unpaired) electrons. The van der Waals surface area contributed by atoms with E-state index >= 15 is 0 Å². The Balaban J connectivity index is 2.47. The van der Waals surface area contributed by atoms with Crippen LogP contribution in [0.1, 0.15) is 13.3 Å². The smallest absolute Gasteiger partial charge is 0.132 e. The Bertz CT molecular complexity index is 320. The summed E-state index contributed by atoms with van der Waals surface area (Å²) in [5, 5.41) is 12.6. The van der Waals surface area contributed by atoms with Crippen LogP contribution in [-0.4, -0.2) is 37.2 Å². The van der Waals surface area contributed by atoms with Crippen molar-refractivity contribution in [3.63, 3.8) is 0 Å². The minimum Gasteiger partial charge on any atom is -0.496 e. The molecule has 0 saturated carbocycles. The van der Waals surface area contributed by atoms with Gasteiger partial charge in [0.05, 0.1) is 13.7 Å². The maximum Gasteiger partial charge on any atom is 0.132 e. The van der Waals surface area contributed by atoms with Crippen LogP contribution in [0.3, 0.4) is 0 Å². The van der Waals surface area contributed by atoms with Crippen LogP contribution >= 0.6 is 11.8 Å². The van der Waals surface area contributed by atoms with Crippen LogP contribution in [0.25, 0.3) is 0 Å². The summed E-state index contributed by atoms with van der Waals surface area (Å²) in [6.45, 7) is 3.23. The van der Waals surface area contributed by atoms with Crippen molar-refractivity contribution in [1.29, 1.82) is 0 Å². The number of rotatable bonds is 8. The molecule has 1 aromatic carbocycles. The van der Waals surface area contributed by atoms with Crippen LogP contribution in [0.15, 0.2) is 29.2 Å². The zero-order chi connectivity index (χ0) is 12.5. The zero-order valence-electron chi connectivity index (χ0n) is 10.5. The van der Waals surface area contributed by atoms with Crippen molar-refractivity contribution >= 4 is 11.8 Å². The molecule has 0 saturated heterocycles. The third-order valence-corrected chi connectivity index (χ3v) is 3.63. The first-order valence-electron chi connectivity index (χ1n) is 5.91. The first kappa shape index (κ1) is 14.4. The molecule has 96 valence electrons. The van der Waals surface area contributed by atoms with E-state index in [2.05, 4.69) is 12.2 Å². The van der Waals surface area contributed by atoms with Gasteiger partial charge in [0.25, 0.3) is 0 Å². The fourth-order valence-corrected chi connectivity index (χ4v) is 2.53. The molecule has 3 nitrogen and oxygen atoms in total. The molecule has 2 N–H and O–H groups in total. The lowest BCUT2D eigenvalue weighted by molar-refractivity contribution is 0.254. The highest BCUT2D eigenvalue weighted by Gasteiger charge is 2.09. The van der Waals surface area contributed by atoms with Crippen molar-refractivity contribution in [2.45, 2.75) is 24.3 Å². The standard InChI is InChI=1S/C13H21NO2S/c1-3-8-14-11(9-15)10-17-13-7-5-4-6-12(13)16-2/h4-7,11,14-15H,3,8-10H2,1-2H3. The Morgan fingerprint density at radius 3 is 2.82 bits per heavy atom. The Labute approximate surface area is 108 Å². The number of thioether (sulfide) groups is 1. The van der Waals surface area contributed by atoms with Gasteiger partial charge < -0.3 is 15.2 Å². The van der Waals surface area contributed by atoms with Crippen LogP contribution < -0.4 is 10.1 Å². The highest BCUT2D eigenvalue weighted by molar-refractivity contribution is 7.99. The number of hydrogen-bond donors (Lipinski definition) is 2. The quantitative estimate of drug-likeness (QED) is 0.698. The molecule has 0 aromatic heterocycles. The van der Waals surface area contributed by atoms with E-state index in [4.69, 9.17) is 4.74 Å². The number of aliphatic hydroxyl groups is 1. The molecular formula is C13H21NO2S. The molecular weight excluding hydrogens is 234 g/mol. The maximum atomic E-state index is 9.25. The zero-order valence-corrected chi connectivity index (χ0v) is 11.3. The summed E-state index contributed by atoms with van der Waals surface area (Å²) in [5.74, 6) is 1.74. The molecule has 1 unspecified atom stereocenters. The van der Waals surface area contributed by atoms with Gasteiger partial charge in [0, 0.05) is 16.7 Å². The second-order valence-electron chi connectivity index (χ2n) is 3.80. The van der Waals surface area contributed by atoms with E-state index in [1.54, 1.807) is 18.9 Å². The van der Waals surface area contributed by atoms with Crippen LogP contribution in [0.2, 0.25) is 0 Å². The van der Waals surface area contributed by atoms with Crippen LogP contribution in [0, 0.1) is 0 Å². The Morgan fingerprint density at radius 1 is 1.41 bits per heavy atom. The minimum absolute atomic E-state index is 0.143. The third kappa shape index (κ3) is 4.98. The summed E-state index contributed by atoms with van der Waals surface area (Å²) in [7, 11) is 1.68. The van der Waals surface area contributed by atoms with Gasteiger partial charge in [0.1, 0.15) is 5.75 Å². The number of para-hydroxylation sites is 1. The van der Waals surface area contributed by atoms with Crippen LogP contribution in [0.4, 0.5) is 0 Å². The molecule has 0 aliphatic rings. The minimum atomic E-state index is 0.143. The Morgan fingerprint density at radius 2 is 2.18 bits per heavy atom. The topological polar surface area (TPSA) is 41.5 Å². The van der Waals surface area contributed by atoms with Crippen molar-refractivity contribution in [1.82, 2.24) is 5.32 Å². The van der Waals surface area contributed by atoms with Gasteiger partial charge in [-0.15, -0.1) is 11.8 Å². The lowest BCUT2D eigenvalue weighted by atomic mass is 10.3. The molecule has 0 aliphatic heterocycles. The average Bonchev–Trinajstić information content (AvgIpc) is 2.39. The molecule has 1 rings (SSSR count). The van der Waals surface area contributed by atoms with E-state index in [9.17, 15) is 5.11 Å². The second-order valence-corrected chi connectivity index (χ2v) is 4.86. The number of ether oxygens (including phenoxy) is 1. The molecule has 0 aliphatic carbocycles. The van der Waals surface area contributed by atoms with Crippen molar-refractivity contribution in [3.8, 4) is 5.75 Å². The Kier molecular flexibility index (Phi) is 7.08. The predicted molar refractivity (Wildman–Crippen MR) is 72.9 cm³/mol. The van der Waals surface area contributed by atoms with Gasteiger partial charge in [-0.2, -0.15) is 0 Å². The summed E-state index contributed by atoms with van der Waals surface area (Å²) in [4.78, 5) is 1.12. The number of aliphatic hydroxyl groups excluding tert-OH is 1. The number of hydrogen-bond acceptors (Lipinski definition) is 4. The summed E-state index contributed by atoms with van der Waals surface area (Å²) >= 11 is 1.71. The van der Waals surface area contributed by atoms with Crippen molar-refractivity contribution < 1.29 is 9.84 Å². The van der Waals surface area contributed by atoms with E-state index in [0.717, 1.165) is 29.4 Å². The third-order valence-electron chi connectivity index (χ3n) is 2.41. The first-order chi connectivity index (χ1) is 8.31. The SMILES string of the molecule is CCCNC(CO)CSc1ccccc1OC. The largest absolute Gasteiger partial charge is 0.496 e. The predicted octanol–water partition coefficient (Wildman–Crippen LogP) is 2.15. The highest BCUT2D eigenvalue weighted by Crippen LogP contribution is 2.28. The lowest BCUT2D eigenvalue weighted by Gasteiger charge is -2.16. The van der Waals surface area contributed by atoms with Crippen molar-refractivity contribution in [2.24, 2.45) is 0 Å². The summed E-state index contributed by atoms with van der Waals surface area (Å²) in [5.41, 5.74) is 0. The maximum absolute atomic E-state index is 9.25. The summed E-state index contributed by atoms with van der Waals surface area (Å²) < 4.78 is 5.29. The van der Waals surface area contributed by atoms with Crippen molar-refractivity contribution in [2.75, 3.05) is 26.0 Å². The molecule has 4 heteroatoms. The molecule has 1 atom stereocenters.